The Bertz CT molecular complexity index is 1080. The number of aromatic amines is 1. The lowest BCUT2D eigenvalue weighted by Crippen LogP contribution is -2.39. The molecule has 1 unspecified atom stereocenters. The lowest BCUT2D eigenvalue weighted by molar-refractivity contribution is -0.142. The summed E-state index contributed by atoms with van der Waals surface area (Å²) in [6.45, 7) is 5.36. The second kappa shape index (κ2) is 8.21. The first-order chi connectivity index (χ1) is 14.0. The van der Waals surface area contributed by atoms with Gasteiger partial charge < -0.3 is 14.6 Å². The maximum atomic E-state index is 13.1. The molecule has 5 nitrogen and oxygen atoms in total. The summed E-state index contributed by atoms with van der Waals surface area (Å²) in [5, 5.41) is 0.987. The number of aromatic nitrogens is 1. The molecule has 29 heavy (non-hydrogen) atoms. The third kappa shape index (κ3) is 4.25. The van der Waals surface area contributed by atoms with Crippen LogP contribution >= 0.6 is 0 Å². The van der Waals surface area contributed by atoms with Crippen molar-refractivity contribution in [3.63, 3.8) is 0 Å². The molecule has 1 atom stereocenters. The van der Waals surface area contributed by atoms with E-state index >= 15 is 0 Å². The third-order valence-corrected chi connectivity index (χ3v) is 5.46. The zero-order valence-corrected chi connectivity index (χ0v) is 16.9. The van der Waals surface area contributed by atoms with E-state index in [1.807, 2.05) is 50.2 Å². The molecule has 3 aromatic rings. The van der Waals surface area contributed by atoms with E-state index < -0.39 is 6.10 Å². The monoisotopic (exact) mass is 390 g/mol. The Morgan fingerprint density at radius 2 is 1.93 bits per heavy atom. The third-order valence-electron chi connectivity index (χ3n) is 5.46. The molecule has 0 bridgehead atoms. The van der Waals surface area contributed by atoms with Crippen molar-refractivity contribution in [1.29, 1.82) is 0 Å². The highest BCUT2D eigenvalue weighted by Gasteiger charge is 2.29. The predicted octanol–water partition coefficient (Wildman–Crippen LogP) is 3.85. The molecule has 0 saturated carbocycles. The van der Waals surface area contributed by atoms with Crippen LogP contribution in [0.15, 0.2) is 53.3 Å². The number of benzene rings is 2. The molecule has 2 heterocycles. The molecule has 1 N–H and O–H groups in total. The van der Waals surface area contributed by atoms with Gasteiger partial charge in [0.15, 0.2) is 0 Å². The molecule has 1 amide bonds. The Labute approximate surface area is 170 Å². The van der Waals surface area contributed by atoms with Gasteiger partial charge in [-0.25, -0.2) is 0 Å². The zero-order valence-electron chi connectivity index (χ0n) is 16.9. The first kappa shape index (κ1) is 19.4. The number of carbonyl (C=O) groups excluding carboxylic acids is 1. The minimum absolute atomic E-state index is 0.0497. The fraction of sp³-hybridized carbons (Fsp3) is 0.333. The van der Waals surface area contributed by atoms with Gasteiger partial charge in [0.2, 0.25) is 0 Å². The minimum atomic E-state index is -0.414. The molecule has 150 valence electrons. The van der Waals surface area contributed by atoms with Gasteiger partial charge >= 0.3 is 0 Å². The number of hydrogen-bond donors (Lipinski definition) is 1. The summed E-state index contributed by atoms with van der Waals surface area (Å²) in [7, 11) is 0. The number of carbonyl (C=O) groups is 1. The molecule has 2 aromatic carbocycles. The van der Waals surface area contributed by atoms with Crippen LogP contribution in [0.2, 0.25) is 0 Å². The number of ether oxygens (including phenoxy) is 1. The molecule has 1 aliphatic rings. The summed E-state index contributed by atoms with van der Waals surface area (Å²) in [5.41, 5.74) is 4.50. The number of H-pyrrole nitrogens is 1. The molecule has 1 saturated heterocycles. The van der Waals surface area contributed by atoms with E-state index in [2.05, 4.69) is 17.1 Å². The number of nitrogens with zero attached hydrogens (tertiary/aromatic N) is 1. The van der Waals surface area contributed by atoms with E-state index in [1.165, 1.54) is 0 Å². The summed E-state index contributed by atoms with van der Waals surface area (Å²) in [4.78, 5) is 30.7. The SMILES string of the molecule is Cc1cc(C)c2[nH]c(=O)c(CN(Cc3ccccc3)C(=O)C3CCCO3)cc2c1. The molecule has 1 aromatic heterocycles. The van der Waals surface area contributed by atoms with Crippen LogP contribution in [-0.2, 0) is 22.6 Å². The standard InChI is InChI=1S/C24H26N2O3/c1-16-11-17(2)22-19(12-16)13-20(23(27)25-22)15-26(14-18-7-4-3-5-8-18)24(28)21-9-6-10-29-21/h3-5,7-8,11-13,21H,6,9-10,14-15H2,1-2H3,(H,25,27). The van der Waals surface area contributed by atoms with E-state index in [0.29, 0.717) is 18.7 Å². The van der Waals surface area contributed by atoms with Crippen LogP contribution in [0.1, 0.15) is 35.1 Å². The normalized spacial score (nSPS) is 16.3. The number of aryl methyl sites for hydroxylation is 2. The van der Waals surface area contributed by atoms with Gasteiger partial charge in [-0.15, -0.1) is 0 Å². The van der Waals surface area contributed by atoms with Gasteiger partial charge in [-0.2, -0.15) is 0 Å². The summed E-state index contributed by atoms with van der Waals surface area (Å²) in [6.07, 6.45) is 1.21. The van der Waals surface area contributed by atoms with E-state index in [0.717, 1.165) is 40.4 Å². The number of hydrogen-bond acceptors (Lipinski definition) is 3. The Hall–Kier alpha value is -2.92. The topological polar surface area (TPSA) is 62.4 Å². The average Bonchev–Trinajstić information content (AvgIpc) is 3.24. The fourth-order valence-electron chi connectivity index (χ4n) is 4.05. The van der Waals surface area contributed by atoms with Crippen molar-refractivity contribution in [3.8, 4) is 0 Å². The summed E-state index contributed by atoms with van der Waals surface area (Å²) < 4.78 is 5.63. The van der Waals surface area contributed by atoms with Crippen LogP contribution < -0.4 is 5.56 Å². The molecule has 0 radical (unpaired) electrons. The van der Waals surface area contributed by atoms with Gasteiger partial charge in [0.25, 0.3) is 11.5 Å². The highest BCUT2D eigenvalue weighted by atomic mass is 16.5. The van der Waals surface area contributed by atoms with Gasteiger partial charge in [0.05, 0.1) is 12.1 Å². The predicted molar refractivity (Wildman–Crippen MR) is 114 cm³/mol. The van der Waals surface area contributed by atoms with E-state index in [-0.39, 0.29) is 18.0 Å². The Kier molecular flexibility index (Phi) is 5.49. The molecular weight excluding hydrogens is 364 g/mol. The van der Waals surface area contributed by atoms with Gasteiger partial charge in [0.1, 0.15) is 6.10 Å². The van der Waals surface area contributed by atoms with Crippen molar-refractivity contribution in [2.45, 2.75) is 45.9 Å². The summed E-state index contributed by atoms with van der Waals surface area (Å²) >= 11 is 0. The van der Waals surface area contributed by atoms with E-state index in [9.17, 15) is 9.59 Å². The summed E-state index contributed by atoms with van der Waals surface area (Å²) in [5.74, 6) is -0.0497. The second-order valence-electron chi connectivity index (χ2n) is 7.85. The van der Waals surface area contributed by atoms with Crippen molar-refractivity contribution >= 4 is 16.8 Å². The molecular formula is C24H26N2O3. The van der Waals surface area contributed by atoms with Crippen LogP contribution in [0.25, 0.3) is 10.9 Å². The van der Waals surface area contributed by atoms with Crippen LogP contribution in [0.5, 0.6) is 0 Å². The Morgan fingerprint density at radius 1 is 1.14 bits per heavy atom. The molecule has 5 heteroatoms. The molecule has 1 aliphatic heterocycles. The number of pyridine rings is 1. The largest absolute Gasteiger partial charge is 0.368 e. The highest BCUT2D eigenvalue weighted by Crippen LogP contribution is 2.21. The van der Waals surface area contributed by atoms with Crippen molar-refractivity contribution < 1.29 is 9.53 Å². The van der Waals surface area contributed by atoms with E-state index in [1.54, 1.807) is 4.90 Å². The quantitative estimate of drug-likeness (QED) is 0.720. The molecule has 0 aliphatic carbocycles. The van der Waals surface area contributed by atoms with Gasteiger partial charge in [-0.3, -0.25) is 9.59 Å². The van der Waals surface area contributed by atoms with Gasteiger partial charge in [-0.1, -0.05) is 42.0 Å². The first-order valence-corrected chi connectivity index (χ1v) is 10.1. The Balaban J connectivity index is 1.68. The first-order valence-electron chi connectivity index (χ1n) is 10.1. The second-order valence-corrected chi connectivity index (χ2v) is 7.85. The maximum absolute atomic E-state index is 13.1. The number of fused-ring (bicyclic) bond motifs is 1. The zero-order chi connectivity index (χ0) is 20.4. The van der Waals surface area contributed by atoms with Gasteiger partial charge in [-0.05, 0) is 55.3 Å². The van der Waals surface area contributed by atoms with Crippen molar-refractivity contribution in [1.82, 2.24) is 9.88 Å². The summed E-state index contributed by atoms with van der Waals surface area (Å²) in [6, 6.07) is 15.9. The van der Waals surface area contributed by atoms with Crippen molar-refractivity contribution in [3.05, 3.63) is 81.1 Å². The van der Waals surface area contributed by atoms with Crippen LogP contribution in [0, 0.1) is 13.8 Å². The molecule has 4 rings (SSSR count). The molecule has 0 spiro atoms. The van der Waals surface area contributed by atoms with Gasteiger partial charge in [0, 0.05) is 18.7 Å². The van der Waals surface area contributed by atoms with Crippen molar-refractivity contribution in [2.75, 3.05) is 6.61 Å². The fourth-order valence-corrected chi connectivity index (χ4v) is 4.05. The smallest absolute Gasteiger partial charge is 0.253 e. The van der Waals surface area contributed by atoms with Crippen molar-refractivity contribution in [2.24, 2.45) is 0 Å². The van der Waals surface area contributed by atoms with E-state index in [4.69, 9.17) is 4.74 Å². The van der Waals surface area contributed by atoms with Crippen LogP contribution in [0.4, 0.5) is 0 Å². The van der Waals surface area contributed by atoms with Crippen LogP contribution in [-0.4, -0.2) is 28.5 Å². The Morgan fingerprint density at radius 3 is 2.66 bits per heavy atom. The lowest BCUT2D eigenvalue weighted by Gasteiger charge is -2.25. The number of rotatable bonds is 5. The van der Waals surface area contributed by atoms with Crippen LogP contribution in [0.3, 0.4) is 0 Å². The molecule has 1 fully saturated rings. The number of amides is 1. The highest BCUT2D eigenvalue weighted by molar-refractivity contribution is 5.83. The average molecular weight is 390 g/mol. The maximum Gasteiger partial charge on any atom is 0.253 e. The minimum Gasteiger partial charge on any atom is -0.368 e. The lowest BCUT2D eigenvalue weighted by atomic mass is 10.0. The number of nitrogens with one attached hydrogen (secondary N) is 1.